The maximum atomic E-state index is 12.4. The van der Waals surface area contributed by atoms with Crippen molar-refractivity contribution >= 4 is 40.9 Å². The number of rotatable bonds is 9. The van der Waals surface area contributed by atoms with Gasteiger partial charge in [0, 0.05) is 22.8 Å². The van der Waals surface area contributed by atoms with Gasteiger partial charge in [0.1, 0.15) is 5.75 Å². The first-order valence-electron chi connectivity index (χ1n) is 9.52. The van der Waals surface area contributed by atoms with Crippen molar-refractivity contribution in [3.05, 3.63) is 64.9 Å². The molecule has 0 spiro atoms. The van der Waals surface area contributed by atoms with Crippen LogP contribution in [0.25, 0.3) is 0 Å². The van der Waals surface area contributed by atoms with Crippen LogP contribution >= 0.6 is 23.4 Å². The van der Waals surface area contributed by atoms with Crippen LogP contribution in [0.5, 0.6) is 5.75 Å². The second kappa shape index (κ2) is 10.8. The number of hydrogen-bond acceptors (Lipinski definition) is 6. The number of anilines is 1. The summed E-state index contributed by atoms with van der Waals surface area (Å²) in [5, 5.41) is 15.2. The molecule has 3 rings (SSSR count). The van der Waals surface area contributed by atoms with E-state index in [4.69, 9.17) is 16.3 Å². The third-order valence-corrected chi connectivity index (χ3v) is 5.55. The Kier molecular flexibility index (Phi) is 7.91. The molecule has 10 heteroatoms. The largest absolute Gasteiger partial charge is 0.497 e. The first-order chi connectivity index (χ1) is 15.0. The van der Waals surface area contributed by atoms with E-state index in [0.29, 0.717) is 39.5 Å². The van der Waals surface area contributed by atoms with Crippen molar-refractivity contribution < 1.29 is 14.3 Å². The lowest BCUT2D eigenvalue weighted by molar-refractivity contribution is -0.113. The number of nitrogens with one attached hydrogen (secondary N) is 2. The molecule has 0 aliphatic rings. The minimum Gasteiger partial charge on any atom is -0.497 e. The number of carbonyl (C=O) groups is 2. The van der Waals surface area contributed by atoms with Crippen molar-refractivity contribution in [2.45, 2.75) is 25.2 Å². The molecule has 2 N–H and O–H groups in total. The molecule has 0 saturated heterocycles. The molecule has 0 fully saturated rings. The molecule has 0 atom stereocenters. The predicted molar refractivity (Wildman–Crippen MR) is 121 cm³/mol. The van der Waals surface area contributed by atoms with Gasteiger partial charge in [0.15, 0.2) is 11.0 Å². The average molecular weight is 460 g/mol. The van der Waals surface area contributed by atoms with Gasteiger partial charge in [-0.1, -0.05) is 23.4 Å². The van der Waals surface area contributed by atoms with E-state index < -0.39 is 0 Å². The minimum atomic E-state index is -0.218. The SMILES string of the molecule is CCn1c(CNC(=O)c2ccc(OC)cc2)nnc1SCC(=O)Nc1ccc(Cl)cc1. The molecule has 1 heterocycles. The molecule has 0 bridgehead atoms. The zero-order valence-corrected chi connectivity index (χ0v) is 18.7. The molecule has 0 aliphatic heterocycles. The van der Waals surface area contributed by atoms with Crippen molar-refractivity contribution in [2.75, 3.05) is 18.2 Å². The number of nitrogens with zero attached hydrogens (tertiary/aromatic N) is 3. The van der Waals surface area contributed by atoms with Crippen LogP contribution in [0.2, 0.25) is 5.02 Å². The molecule has 162 valence electrons. The maximum Gasteiger partial charge on any atom is 0.251 e. The van der Waals surface area contributed by atoms with Gasteiger partial charge in [0.25, 0.3) is 5.91 Å². The molecule has 2 amide bonds. The summed E-state index contributed by atoms with van der Waals surface area (Å²) in [5.41, 5.74) is 1.20. The fourth-order valence-electron chi connectivity index (χ4n) is 2.74. The van der Waals surface area contributed by atoms with Crippen molar-refractivity contribution in [1.82, 2.24) is 20.1 Å². The van der Waals surface area contributed by atoms with Crippen molar-refractivity contribution in [2.24, 2.45) is 0 Å². The molecular formula is C21H22ClN5O3S. The highest BCUT2D eigenvalue weighted by Gasteiger charge is 2.14. The highest BCUT2D eigenvalue weighted by Crippen LogP contribution is 2.19. The smallest absolute Gasteiger partial charge is 0.251 e. The average Bonchev–Trinajstić information content (AvgIpc) is 3.19. The number of hydrogen-bond donors (Lipinski definition) is 2. The minimum absolute atomic E-state index is 0.160. The van der Waals surface area contributed by atoms with E-state index in [1.54, 1.807) is 55.6 Å². The Hall–Kier alpha value is -3.04. The van der Waals surface area contributed by atoms with Gasteiger partial charge in [-0.2, -0.15) is 0 Å². The van der Waals surface area contributed by atoms with Crippen LogP contribution in [0.1, 0.15) is 23.1 Å². The van der Waals surface area contributed by atoms with Gasteiger partial charge in [-0.25, -0.2) is 0 Å². The first-order valence-corrected chi connectivity index (χ1v) is 10.9. The number of aromatic nitrogens is 3. The Balaban J connectivity index is 1.55. The lowest BCUT2D eigenvalue weighted by atomic mass is 10.2. The van der Waals surface area contributed by atoms with E-state index in [-0.39, 0.29) is 24.1 Å². The summed E-state index contributed by atoms with van der Waals surface area (Å²) in [7, 11) is 1.57. The zero-order valence-electron chi connectivity index (χ0n) is 17.1. The van der Waals surface area contributed by atoms with Gasteiger partial charge < -0.3 is 19.9 Å². The molecule has 0 saturated carbocycles. The van der Waals surface area contributed by atoms with Gasteiger partial charge in [-0.3, -0.25) is 9.59 Å². The van der Waals surface area contributed by atoms with E-state index in [9.17, 15) is 9.59 Å². The van der Waals surface area contributed by atoms with Crippen LogP contribution in [0.3, 0.4) is 0 Å². The maximum absolute atomic E-state index is 12.4. The van der Waals surface area contributed by atoms with Crippen LogP contribution in [-0.2, 0) is 17.9 Å². The normalized spacial score (nSPS) is 10.5. The molecule has 31 heavy (non-hydrogen) atoms. The van der Waals surface area contributed by atoms with Crippen LogP contribution in [0.15, 0.2) is 53.7 Å². The molecular weight excluding hydrogens is 438 g/mol. The number of amides is 2. The summed E-state index contributed by atoms with van der Waals surface area (Å²) in [4.78, 5) is 24.6. The second-order valence-corrected chi connectivity index (χ2v) is 7.78. The van der Waals surface area contributed by atoms with Crippen LogP contribution in [0, 0.1) is 0 Å². The molecule has 0 aliphatic carbocycles. The Bertz CT molecular complexity index is 1040. The van der Waals surface area contributed by atoms with E-state index in [0.717, 1.165) is 0 Å². The monoisotopic (exact) mass is 459 g/mol. The summed E-state index contributed by atoms with van der Waals surface area (Å²) in [6.45, 7) is 2.79. The Morgan fingerprint density at radius 1 is 1.10 bits per heavy atom. The fourth-order valence-corrected chi connectivity index (χ4v) is 3.69. The number of halogens is 1. The quantitative estimate of drug-likeness (QED) is 0.474. The van der Waals surface area contributed by atoms with Crippen molar-refractivity contribution in [1.29, 1.82) is 0 Å². The highest BCUT2D eigenvalue weighted by molar-refractivity contribution is 7.99. The van der Waals surface area contributed by atoms with Crippen LogP contribution < -0.4 is 15.4 Å². The van der Waals surface area contributed by atoms with Gasteiger partial charge in [-0.15, -0.1) is 10.2 Å². The number of ether oxygens (including phenoxy) is 1. The Morgan fingerprint density at radius 3 is 2.45 bits per heavy atom. The molecule has 0 unspecified atom stereocenters. The van der Waals surface area contributed by atoms with Crippen LogP contribution in [-0.4, -0.2) is 39.4 Å². The van der Waals surface area contributed by atoms with Gasteiger partial charge >= 0.3 is 0 Å². The van der Waals surface area contributed by atoms with E-state index >= 15 is 0 Å². The summed E-state index contributed by atoms with van der Waals surface area (Å²) < 4.78 is 6.97. The van der Waals surface area contributed by atoms with Crippen molar-refractivity contribution in [3.8, 4) is 5.75 Å². The number of benzene rings is 2. The summed E-state index contributed by atoms with van der Waals surface area (Å²) >= 11 is 7.13. The topological polar surface area (TPSA) is 98.1 Å². The van der Waals surface area contributed by atoms with Gasteiger partial charge in [0.2, 0.25) is 5.91 Å². The highest BCUT2D eigenvalue weighted by atomic mass is 35.5. The number of carbonyl (C=O) groups excluding carboxylic acids is 2. The summed E-state index contributed by atoms with van der Waals surface area (Å²) in [6.07, 6.45) is 0. The Labute approximate surface area is 189 Å². The molecule has 1 aromatic heterocycles. The third kappa shape index (κ3) is 6.22. The van der Waals surface area contributed by atoms with Crippen LogP contribution in [0.4, 0.5) is 5.69 Å². The Morgan fingerprint density at radius 2 is 1.81 bits per heavy atom. The van der Waals surface area contributed by atoms with E-state index in [1.165, 1.54) is 11.8 Å². The van der Waals surface area contributed by atoms with Gasteiger partial charge in [-0.05, 0) is 55.5 Å². The first kappa shape index (κ1) is 22.6. The fraction of sp³-hybridized carbons (Fsp3) is 0.238. The van der Waals surface area contributed by atoms with E-state index in [1.807, 2.05) is 11.5 Å². The lowest BCUT2D eigenvalue weighted by Crippen LogP contribution is -2.24. The second-order valence-electron chi connectivity index (χ2n) is 6.40. The standard InChI is InChI=1S/C21H22ClN5O3S/c1-3-27-18(12-23-20(29)14-4-10-17(30-2)11-5-14)25-26-21(27)31-13-19(28)24-16-8-6-15(22)7-9-16/h4-11H,3,12-13H2,1-2H3,(H,23,29)(H,24,28). The summed E-state index contributed by atoms with van der Waals surface area (Å²) in [5.74, 6) is 1.10. The number of methoxy groups -OCH3 is 1. The molecule has 2 aromatic carbocycles. The number of thioether (sulfide) groups is 1. The predicted octanol–water partition coefficient (Wildman–Crippen LogP) is 3.62. The third-order valence-electron chi connectivity index (χ3n) is 4.33. The summed E-state index contributed by atoms with van der Waals surface area (Å²) in [6, 6.07) is 13.8. The molecule has 8 nitrogen and oxygen atoms in total. The zero-order chi connectivity index (χ0) is 22.2. The van der Waals surface area contributed by atoms with Gasteiger partial charge in [0.05, 0.1) is 19.4 Å². The molecule has 0 radical (unpaired) electrons. The molecule has 3 aromatic rings. The van der Waals surface area contributed by atoms with Crippen molar-refractivity contribution in [3.63, 3.8) is 0 Å². The van der Waals surface area contributed by atoms with E-state index in [2.05, 4.69) is 20.8 Å². The lowest BCUT2D eigenvalue weighted by Gasteiger charge is -2.09.